The molecule has 1 aromatic carbocycles. The Morgan fingerprint density at radius 1 is 1.46 bits per heavy atom. The average molecular weight is 350 g/mol. The molecule has 1 heterocycles. The number of carbonyl (C=O) groups excluding carboxylic acids is 1. The Morgan fingerprint density at radius 3 is 2.83 bits per heavy atom. The molecule has 1 amide bonds. The van der Waals surface area contributed by atoms with Crippen molar-refractivity contribution in [2.45, 2.75) is 25.9 Å². The molecule has 1 saturated heterocycles. The van der Waals surface area contributed by atoms with E-state index in [0.29, 0.717) is 17.4 Å². The van der Waals surface area contributed by atoms with Gasteiger partial charge in [-0.15, -0.1) is 0 Å². The highest BCUT2D eigenvalue weighted by Crippen LogP contribution is 2.13. The molecule has 0 spiro atoms. The summed E-state index contributed by atoms with van der Waals surface area (Å²) >= 11 is 5.19. The van der Waals surface area contributed by atoms with Gasteiger partial charge in [-0.25, -0.2) is 0 Å². The summed E-state index contributed by atoms with van der Waals surface area (Å²) in [4.78, 5) is 10.7. The molecule has 1 aliphatic heterocycles. The second-order valence-corrected chi connectivity index (χ2v) is 5.84. The summed E-state index contributed by atoms with van der Waals surface area (Å²) in [6, 6.07) is 7.20. The molecule has 0 aliphatic carbocycles. The van der Waals surface area contributed by atoms with Gasteiger partial charge in [0, 0.05) is 13.2 Å². The van der Waals surface area contributed by atoms with Crippen LogP contribution in [0.5, 0.6) is 5.75 Å². The Balaban J connectivity index is 1.78. The van der Waals surface area contributed by atoms with Crippen LogP contribution in [0.2, 0.25) is 0 Å². The van der Waals surface area contributed by atoms with Crippen molar-refractivity contribution in [3.05, 3.63) is 29.8 Å². The van der Waals surface area contributed by atoms with E-state index in [4.69, 9.17) is 27.4 Å². The number of rotatable bonds is 7. The molecule has 0 saturated carbocycles. The zero-order chi connectivity index (χ0) is 17.4. The first-order valence-corrected chi connectivity index (χ1v) is 8.16. The summed E-state index contributed by atoms with van der Waals surface area (Å²) in [6.07, 6.45) is 2.38. The van der Waals surface area contributed by atoms with Crippen molar-refractivity contribution in [1.82, 2.24) is 10.7 Å². The topological polar surface area (TPSA) is 98.0 Å². The molecular formula is C16H22N4O3S. The minimum Gasteiger partial charge on any atom is -0.484 e. The third kappa shape index (κ3) is 6.13. The number of hydrazone groups is 1. The van der Waals surface area contributed by atoms with Crippen molar-refractivity contribution in [2.75, 3.05) is 19.8 Å². The standard InChI is InChI=1S/C16H22N4O3S/c1-11(12-4-6-13(7-5-12)23-10-15(17)21)19-20-16(24)18-9-14-3-2-8-22-14/h4-7,14H,2-3,8-10H2,1H3,(H2,17,21)(H2,18,20,24)/b19-11-. The lowest BCUT2D eigenvalue weighted by molar-refractivity contribution is -0.119. The quantitative estimate of drug-likeness (QED) is 0.384. The Kier molecular flexibility index (Phi) is 6.95. The summed E-state index contributed by atoms with van der Waals surface area (Å²) in [6.45, 7) is 3.24. The van der Waals surface area contributed by atoms with Crippen molar-refractivity contribution >= 4 is 28.9 Å². The van der Waals surface area contributed by atoms with Crippen molar-refractivity contribution in [3.8, 4) is 5.75 Å². The highest BCUT2D eigenvalue weighted by atomic mass is 32.1. The molecule has 8 heteroatoms. The lowest BCUT2D eigenvalue weighted by Crippen LogP contribution is -2.37. The van der Waals surface area contributed by atoms with E-state index in [0.717, 1.165) is 30.7 Å². The number of nitrogens with zero attached hydrogens (tertiary/aromatic N) is 1. The molecular weight excluding hydrogens is 328 g/mol. The summed E-state index contributed by atoms with van der Waals surface area (Å²) in [5, 5.41) is 7.81. The van der Waals surface area contributed by atoms with Crippen molar-refractivity contribution in [1.29, 1.82) is 0 Å². The van der Waals surface area contributed by atoms with Crippen LogP contribution in [0.15, 0.2) is 29.4 Å². The summed E-state index contributed by atoms with van der Waals surface area (Å²) in [5.74, 6) is 0.0668. The van der Waals surface area contributed by atoms with Gasteiger partial charge in [-0.05, 0) is 61.8 Å². The predicted molar refractivity (Wildman–Crippen MR) is 96.1 cm³/mol. The van der Waals surface area contributed by atoms with Gasteiger partial charge in [-0.3, -0.25) is 10.2 Å². The van der Waals surface area contributed by atoms with E-state index in [9.17, 15) is 4.79 Å². The summed E-state index contributed by atoms with van der Waals surface area (Å²) in [7, 11) is 0. The number of benzene rings is 1. The van der Waals surface area contributed by atoms with Crippen LogP contribution in [0.25, 0.3) is 0 Å². The van der Waals surface area contributed by atoms with Gasteiger partial charge < -0.3 is 20.5 Å². The van der Waals surface area contributed by atoms with E-state index in [1.54, 1.807) is 12.1 Å². The number of ether oxygens (including phenoxy) is 2. The fourth-order valence-electron chi connectivity index (χ4n) is 2.20. The van der Waals surface area contributed by atoms with E-state index in [1.165, 1.54) is 0 Å². The SMILES string of the molecule is C/C(=N/NC(=S)NCC1CCCO1)c1ccc(OCC(N)=O)cc1. The Labute approximate surface area is 146 Å². The summed E-state index contributed by atoms with van der Waals surface area (Å²) < 4.78 is 10.7. The van der Waals surface area contributed by atoms with Gasteiger partial charge in [-0.2, -0.15) is 5.10 Å². The highest BCUT2D eigenvalue weighted by Gasteiger charge is 2.15. The molecule has 7 nitrogen and oxygen atoms in total. The Bertz CT molecular complexity index is 598. The first-order chi connectivity index (χ1) is 11.5. The summed E-state index contributed by atoms with van der Waals surface area (Å²) in [5.41, 5.74) is 9.54. The van der Waals surface area contributed by atoms with Gasteiger partial charge in [0.05, 0.1) is 11.8 Å². The smallest absolute Gasteiger partial charge is 0.255 e. The lowest BCUT2D eigenvalue weighted by atomic mass is 10.1. The van der Waals surface area contributed by atoms with Gasteiger partial charge in [-0.1, -0.05) is 0 Å². The second kappa shape index (κ2) is 9.19. The maximum absolute atomic E-state index is 10.7. The Morgan fingerprint density at radius 2 is 2.21 bits per heavy atom. The minimum atomic E-state index is -0.509. The fourth-order valence-corrected chi connectivity index (χ4v) is 2.33. The number of hydrogen-bond donors (Lipinski definition) is 3. The number of carbonyl (C=O) groups is 1. The minimum absolute atomic E-state index is 0.140. The predicted octanol–water partition coefficient (Wildman–Crippen LogP) is 0.918. The molecule has 0 radical (unpaired) electrons. The van der Waals surface area contributed by atoms with Crippen LogP contribution in [0.1, 0.15) is 25.3 Å². The van der Waals surface area contributed by atoms with Crippen LogP contribution in [0.4, 0.5) is 0 Å². The lowest BCUT2D eigenvalue weighted by Gasteiger charge is -2.12. The van der Waals surface area contributed by atoms with Gasteiger partial charge in [0.2, 0.25) is 0 Å². The van der Waals surface area contributed by atoms with Gasteiger partial charge in [0.1, 0.15) is 5.75 Å². The van der Waals surface area contributed by atoms with E-state index >= 15 is 0 Å². The van der Waals surface area contributed by atoms with Crippen LogP contribution >= 0.6 is 12.2 Å². The Hall–Kier alpha value is -2.19. The number of thiocarbonyl (C=S) groups is 1. The largest absolute Gasteiger partial charge is 0.484 e. The van der Waals surface area contributed by atoms with Crippen molar-refractivity contribution in [2.24, 2.45) is 10.8 Å². The number of primary amides is 1. The third-order valence-corrected chi connectivity index (χ3v) is 3.73. The van der Waals surface area contributed by atoms with E-state index in [1.807, 2.05) is 19.1 Å². The number of nitrogens with one attached hydrogen (secondary N) is 2. The van der Waals surface area contributed by atoms with Crippen LogP contribution in [-0.2, 0) is 9.53 Å². The third-order valence-electron chi connectivity index (χ3n) is 3.49. The second-order valence-electron chi connectivity index (χ2n) is 5.43. The molecule has 0 bridgehead atoms. The zero-order valence-corrected chi connectivity index (χ0v) is 14.4. The molecule has 0 aromatic heterocycles. The molecule has 24 heavy (non-hydrogen) atoms. The van der Waals surface area contributed by atoms with Crippen molar-refractivity contribution < 1.29 is 14.3 Å². The normalized spacial score (nSPS) is 17.4. The van der Waals surface area contributed by atoms with Crippen LogP contribution < -0.4 is 21.2 Å². The van der Waals surface area contributed by atoms with Crippen LogP contribution in [0.3, 0.4) is 0 Å². The van der Waals surface area contributed by atoms with Crippen LogP contribution in [0, 0.1) is 0 Å². The highest BCUT2D eigenvalue weighted by molar-refractivity contribution is 7.80. The van der Waals surface area contributed by atoms with Gasteiger partial charge in [0.25, 0.3) is 5.91 Å². The molecule has 130 valence electrons. The first kappa shape index (κ1) is 18.2. The number of amides is 1. The average Bonchev–Trinajstić information content (AvgIpc) is 3.10. The van der Waals surface area contributed by atoms with E-state index < -0.39 is 5.91 Å². The zero-order valence-electron chi connectivity index (χ0n) is 13.6. The molecule has 1 fully saturated rings. The monoisotopic (exact) mass is 350 g/mol. The number of hydrogen-bond acceptors (Lipinski definition) is 5. The molecule has 1 unspecified atom stereocenters. The van der Waals surface area contributed by atoms with E-state index in [-0.39, 0.29) is 12.7 Å². The molecule has 1 aliphatic rings. The first-order valence-electron chi connectivity index (χ1n) is 7.76. The van der Waals surface area contributed by atoms with Gasteiger partial charge in [0.15, 0.2) is 11.7 Å². The molecule has 1 aromatic rings. The number of nitrogens with two attached hydrogens (primary N) is 1. The van der Waals surface area contributed by atoms with E-state index in [2.05, 4.69) is 15.8 Å². The van der Waals surface area contributed by atoms with Gasteiger partial charge >= 0.3 is 0 Å². The molecule has 1 atom stereocenters. The molecule has 2 rings (SSSR count). The maximum atomic E-state index is 10.7. The fraction of sp³-hybridized carbons (Fsp3) is 0.438. The molecule has 4 N–H and O–H groups in total. The van der Waals surface area contributed by atoms with Crippen LogP contribution in [-0.4, -0.2) is 42.6 Å². The maximum Gasteiger partial charge on any atom is 0.255 e. The van der Waals surface area contributed by atoms with Crippen molar-refractivity contribution in [3.63, 3.8) is 0 Å².